The minimum absolute atomic E-state index is 0.0769. The van der Waals surface area contributed by atoms with E-state index in [-0.39, 0.29) is 5.56 Å². The zero-order valence-electron chi connectivity index (χ0n) is 12.8. The number of aryl methyl sites for hydroxylation is 1. The van der Waals surface area contributed by atoms with Crippen LogP contribution in [0.4, 0.5) is 5.69 Å². The van der Waals surface area contributed by atoms with E-state index in [1.807, 2.05) is 19.2 Å². The van der Waals surface area contributed by atoms with Gasteiger partial charge in [-0.2, -0.15) is 0 Å². The molecule has 4 heteroatoms. The molecule has 1 unspecified atom stereocenters. The molecule has 1 saturated heterocycles. The summed E-state index contributed by atoms with van der Waals surface area (Å²) in [6.07, 6.45) is 6.83. The molecule has 1 atom stereocenters. The SMILES string of the molecule is CCCN1CCCC(Nc2ccc(=O)n(CC)c2)CC1. The normalized spacial score (nSPS) is 20.6. The van der Waals surface area contributed by atoms with Gasteiger partial charge in [-0.1, -0.05) is 6.92 Å². The lowest BCUT2D eigenvalue weighted by atomic mass is 10.1. The number of anilines is 1. The number of hydrogen-bond donors (Lipinski definition) is 1. The highest BCUT2D eigenvalue weighted by atomic mass is 16.1. The van der Waals surface area contributed by atoms with Crippen molar-refractivity contribution < 1.29 is 0 Å². The van der Waals surface area contributed by atoms with Crippen LogP contribution < -0.4 is 10.9 Å². The van der Waals surface area contributed by atoms with Crippen LogP contribution in [0.1, 0.15) is 39.5 Å². The first-order valence-corrected chi connectivity index (χ1v) is 7.92. The summed E-state index contributed by atoms with van der Waals surface area (Å²) in [4.78, 5) is 14.2. The summed E-state index contributed by atoms with van der Waals surface area (Å²) in [5, 5.41) is 3.60. The molecule has 1 aliphatic rings. The molecule has 1 aromatic heterocycles. The van der Waals surface area contributed by atoms with Gasteiger partial charge in [0.1, 0.15) is 0 Å². The van der Waals surface area contributed by atoms with E-state index in [4.69, 9.17) is 0 Å². The van der Waals surface area contributed by atoms with E-state index in [0.717, 1.165) is 12.2 Å². The number of nitrogens with one attached hydrogen (secondary N) is 1. The van der Waals surface area contributed by atoms with Gasteiger partial charge in [-0.3, -0.25) is 4.79 Å². The molecule has 0 aliphatic carbocycles. The van der Waals surface area contributed by atoms with Crippen LogP contribution in [0.15, 0.2) is 23.1 Å². The number of rotatable bonds is 5. The molecule has 112 valence electrons. The van der Waals surface area contributed by atoms with E-state index < -0.39 is 0 Å². The van der Waals surface area contributed by atoms with Gasteiger partial charge in [0.15, 0.2) is 0 Å². The third-order valence-electron chi connectivity index (χ3n) is 4.06. The van der Waals surface area contributed by atoms with Crippen molar-refractivity contribution in [2.24, 2.45) is 0 Å². The monoisotopic (exact) mass is 277 g/mol. The van der Waals surface area contributed by atoms with Gasteiger partial charge in [-0.05, 0) is 51.8 Å². The smallest absolute Gasteiger partial charge is 0.250 e. The van der Waals surface area contributed by atoms with Crippen LogP contribution in [0.3, 0.4) is 0 Å². The fraction of sp³-hybridized carbons (Fsp3) is 0.688. The van der Waals surface area contributed by atoms with Gasteiger partial charge < -0.3 is 14.8 Å². The van der Waals surface area contributed by atoms with Gasteiger partial charge in [0, 0.05) is 31.4 Å². The molecule has 1 N–H and O–H groups in total. The molecule has 0 aromatic carbocycles. The summed E-state index contributed by atoms with van der Waals surface area (Å²) in [6, 6.07) is 4.09. The van der Waals surface area contributed by atoms with Crippen molar-refractivity contribution in [3.63, 3.8) is 0 Å². The van der Waals surface area contributed by atoms with Crippen molar-refractivity contribution >= 4 is 5.69 Å². The first-order valence-electron chi connectivity index (χ1n) is 7.92. The van der Waals surface area contributed by atoms with Crippen LogP contribution >= 0.6 is 0 Å². The lowest BCUT2D eigenvalue weighted by Gasteiger charge is -2.20. The minimum Gasteiger partial charge on any atom is -0.381 e. The fourth-order valence-electron chi connectivity index (χ4n) is 2.94. The molecule has 20 heavy (non-hydrogen) atoms. The zero-order chi connectivity index (χ0) is 14.4. The van der Waals surface area contributed by atoms with E-state index in [1.165, 1.54) is 45.3 Å². The summed E-state index contributed by atoms with van der Waals surface area (Å²) < 4.78 is 1.75. The second-order valence-electron chi connectivity index (χ2n) is 5.66. The van der Waals surface area contributed by atoms with Crippen LogP contribution in [0.2, 0.25) is 0 Å². The van der Waals surface area contributed by atoms with E-state index in [0.29, 0.717) is 6.04 Å². The molecule has 0 bridgehead atoms. The quantitative estimate of drug-likeness (QED) is 0.898. The van der Waals surface area contributed by atoms with Crippen LogP contribution in [-0.2, 0) is 6.54 Å². The number of hydrogen-bond acceptors (Lipinski definition) is 3. The third-order valence-corrected chi connectivity index (χ3v) is 4.06. The van der Waals surface area contributed by atoms with Crippen molar-refractivity contribution in [1.29, 1.82) is 0 Å². The Labute approximate surface area is 121 Å². The molecule has 1 aromatic rings. The molecule has 4 nitrogen and oxygen atoms in total. The number of nitrogens with zero attached hydrogens (tertiary/aromatic N) is 2. The van der Waals surface area contributed by atoms with E-state index >= 15 is 0 Å². The first-order chi connectivity index (χ1) is 9.72. The summed E-state index contributed by atoms with van der Waals surface area (Å²) in [5.41, 5.74) is 1.15. The Morgan fingerprint density at radius 2 is 2.10 bits per heavy atom. The van der Waals surface area contributed by atoms with Gasteiger partial charge in [-0.15, -0.1) is 0 Å². The highest BCUT2D eigenvalue weighted by Crippen LogP contribution is 2.16. The Balaban J connectivity index is 1.94. The predicted octanol–water partition coefficient (Wildman–Crippen LogP) is 2.54. The number of likely N-dealkylation sites (tertiary alicyclic amines) is 1. The summed E-state index contributed by atoms with van der Waals surface area (Å²) in [5.74, 6) is 0. The fourth-order valence-corrected chi connectivity index (χ4v) is 2.94. The van der Waals surface area contributed by atoms with Crippen molar-refractivity contribution in [2.45, 2.75) is 52.1 Å². The molecule has 2 rings (SSSR count). The van der Waals surface area contributed by atoms with Gasteiger partial charge >= 0.3 is 0 Å². The van der Waals surface area contributed by atoms with Crippen molar-refractivity contribution in [1.82, 2.24) is 9.47 Å². The molecular formula is C16H27N3O. The minimum atomic E-state index is 0.0769. The second-order valence-corrected chi connectivity index (χ2v) is 5.66. The molecule has 1 fully saturated rings. The highest BCUT2D eigenvalue weighted by molar-refractivity contribution is 5.41. The van der Waals surface area contributed by atoms with Gasteiger partial charge in [0.05, 0.1) is 5.69 Å². The average molecular weight is 277 g/mol. The Morgan fingerprint density at radius 1 is 1.25 bits per heavy atom. The van der Waals surface area contributed by atoms with Crippen LogP contribution in [0.25, 0.3) is 0 Å². The van der Waals surface area contributed by atoms with E-state index in [1.54, 1.807) is 10.6 Å². The lowest BCUT2D eigenvalue weighted by Crippen LogP contribution is -2.27. The molecule has 0 amide bonds. The maximum absolute atomic E-state index is 11.6. The highest BCUT2D eigenvalue weighted by Gasteiger charge is 2.16. The second kappa shape index (κ2) is 7.48. The Kier molecular flexibility index (Phi) is 5.65. The van der Waals surface area contributed by atoms with Gasteiger partial charge in [0.25, 0.3) is 5.56 Å². The summed E-state index contributed by atoms with van der Waals surface area (Å²) >= 11 is 0. The van der Waals surface area contributed by atoms with Crippen molar-refractivity contribution in [2.75, 3.05) is 25.0 Å². The van der Waals surface area contributed by atoms with Gasteiger partial charge in [0.2, 0.25) is 0 Å². The third kappa shape index (κ3) is 4.10. The van der Waals surface area contributed by atoms with Crippen LogP contribution in [-0.4, -0.2) is 35.1 Å². The predicted molar refractivity (Wildman–Crippen MR) is 84.4 cm³/mol. The molecule has 0 saturated carbocycles. The Morgan fingerprint density at radius 3 is 2.85 bits per heavy atom. The average Bonchev–Trinajstić information content (AvgIpc) is 2.67. The molecule has 0 radical (unpaired) electrons. The molecule has 1 aliphatic heterocycles. The van der Waals surface area contributed by atoms with Crippen LogP contribution in [0.5, 0.6) is 0 Å². The topological polar surface area (TPSA) is 37.3 Å². The van der Waals surface area contributed by atoms with Crippen molar-refractivity contribution in [3.8, 4) is 0 Å². The molecule has 2 heterocycles. The number of aromatic nitrogens is 1. The standard InChI is InChI=1S/C16H27N3O/c1-3-10-18-11-5-6-14(9-12-18)17-15-7-8-16(20)19(4-2)13-15/h7-8,13-14,17H,3-6,9-12H2,1-2H3. The Bertz CT molecular complexity index is 469. The summed E-state index contributed by atoms with van der Waals surface area (Å²) in [6.45, 7) is 8.59. The van der Waals surface area contributed by atoms with Crippen molar-refractivity contribution in [3.05, 3.63) is 28.7 Å². The van der Waals surface area contributed by atoms with Crippen LogP contribution in [0, 0.1) is 0 Å². The molecule has 0 spiro atoms. The lowest BCUT2D eigenvalue weighted by molar-refractivity contribution is 0.285. The van der Waals surface area contributed by atoms with E-state index in [2.05, 4.69) is 17.1 Å². The maximum Gasteiger partial charge on any atom is 0.250 e. The number of pyridine rings is 1. The van der Waals surface area contributed by atoms with E-state index in [9.17, 15) is 4.79 Å². The summed E-state index contributed by atoms with van der Waals surface area (Å²) in [7, 11) is 0. The molecular weight excluding hydrogens is 250 g/mol. The van der Waals surface area contributed by atoms with Gasteiger partial charge in [-0.25, -0.2) is 0 Å². The largest absolute Gasteiger partial charge is 0.381 e. The zero-order valence-corrected chi connectivity index (χ0v) is 12.8. The maximum atomic E-state index is 11.6. The Hall–Kier alpha value is -1.29. The first kappa shape index (κ1) is 15.1.